The van der Waals surface area contributed by atoms with Crippen molar-refractivity contribution in [3.05, 3.63) is 105 Å². The van der Waals surface area contributed by atoms with Crippen molar-refractivity contribution in [2.24, 2.45) is 0 Å². The average Bonchev–Trinajstić information content (AvgIpc) is 2.87. The molecule has 0 bridgehead atoms. The van der Waals surface area contributed by atoms with E-state index in [1.807, 2.05) is 0 Å². The molecule has 38 heavy (non-hydrogen) atoms. The first-order chi connectivity index (χ1) is 19.3. The minimum Gasteiger partial charge on any atom is -0.478 e. The molecule has 0 aliphatic carbocycles. The van der Waals surface area contributed by atoms with Gasteiger partial charge in [-0.25, -0.2) is 18.0 Å². The Bertz CT molecular complexity index is 1450. The fraction of sp³-hybridized carbons (Fsp3) is 0.0833. The molecule has 0 aliphatic heterocycles. The van der Waals surface area contributed by atoms with Crippen molar-refractivity contribution in [3.63, 3.8) is 0 Å². The Balaban J connectivity index is 0.000000564. The highest BCUT2D eigenvalue weighted by Gasteiger charge is 2.09. The molecule has 6 nitrogen and oxygen atoms in total. The van der Waals surface area contributed by atoms with Crippen LogP contribution in [-0.2, 0) is 11.8 Å². The van der Waals surface area contributed by atoms with E-state index in [9.17, 15) is 18.0 Å². The summed E-state index contributed by atoms with van der Waals surface area (Å²) in [5.74, 6) is -3.87. The second kappa shape index (κ2) is 19.7. The van der Waals surface area contributed by atoms with Gasteiger partial charge in [-0.2, -0.15) is 15.8 Å². The second-order valence-corrected chi connectivity index (χ2v) is 21.9. The Morgan fingerprint density at radius 3 is 1.47 bits per heavy atom. The maximum Gasteiger partial charge on any atom is 0.338 e. The maximum atomic E-state index is 13.1. The third-order valence-electron chi connectivity index (χ3n) is 3.75. The third-order valence-corrected chi connectivity index (χ3v) is 4.17. The minimum absolute atomic E-state index is 0.0884. The van der Waals surface area contributed by atoms with Crippen molar-refractivity contribution < 1.29 is 33.7 Å². The van der Waals surface area contributed by atoms with Crippen molar-refractivity contribution >= 4 is 72.4 Å². The van der Waals surface area contributed by atoms with E-state index < -0.39 is 46.4 Å². The van der Waals surface area contributed by atoms with E-state index in [0.717, 1.165) is 30.3 Å². The first-order valence-electron chi connectivity index (χ1n) is 11.3. The number of rotatable bonds is 3. The van der Waals surface area contributed by atoms with Gasteiger partial charge in [-0.05, 0) is 94.5 Å². The summed E-state index contributed by atoms with van der Waals surface area (Å²) >= 11 is 12.2. The molecule has 0 aliphatic rings. The number of alkyl halides is 1. The fourth-order valence-electron chi connectivity index (χ4n) is 2.09. The molecule has 0 amide bonds. The van der Waals surface area contributed by atoms with Crippen LogP contribution in [0.4, 0.5) is 13.2 Å². The van der Waals surface area contributed by atoms with E-state index in [-0.39, 0.29) is 26.3 Å². The molecule has 0 atom stereocenters. The van der Waals surface area contributed by atoms with Crippen LogP contribution in [0.5, 0.6) is 0 Å². The minimum atomic E-state index is -2.71. The van der Waals surface area contributed by atoms with Crippen LogP contribution < -0.4 is 0 Å². The van der Waals surface area contributed by atoms with Crippen molar-refractivity contribution in [2.75, 3.05) is 0 Å². The summed E-state index contributed by atoms with van der Waals surface area (Å²) in [4.78, 5) is 10.3. The smallest absolute Gasteiger partial charge is 0.338 e. The summed E-state index contributed by atoms with van der Waals surface area (Å²) in [6.07, 6.45) is 0. The normalized spacial score (nSPS) is 11.4. The lowest BCUT2D eigenvalue weighted by molar-refractivity contribution is 0.0692. The number of carboxylic acid groups (broad SMARTS) is 1. The number of halogens is 7. The van der Waals surface area contributed by atoms with Crippen molar-refractivity contribution in [1.82, 2.24) is 0 Å². The van der Waals surface area contributed by atoms with Crippen molar-refractivity contribution in [1.29, 1.82) is 15.8 Å². The van der Waals surface area contributed by atoms with Crippen LogP contribution in [0.3, 0.4) is 0 Å². The summed E-state index contributed by atoms with van der Waals surface area (Å²) in [6, 6.07) is 15.2. The van der Waals surface area contributed by atoms with Gasteiger partial charge >= 0.3 is 5.97 Å². The van der Waals surface area contributed by atoms with E-state index in [1.54, 1.807) is 18.2 Å². The van der Waals surface area contributed by atoms with Gasteiger partial charge in [0.25, 0.3) is 0 Å². The number of aliphatic hydroxyl groups is 1. The Labute approximate surface area is 256 Å². The summed E-state index contributed by atoms with van der Waals surface area (Å²) in [7, 11) is 0. The lowest BCUT2D eigenvalue weighted by Crippen LogP contribution is -2.00. The van der Waals surface area contributed by atoms with E-state index in [2.05, 4.69) is 62.4 Å². The van der Waals surface area contributed by atoms with Gasteiger partial charge in [-0.1, -0.05) is 28.1 Å². The van der Waals surface area contributed by atoms with Gasteiger partial charge in [0.05, 0.1) is 49.8 Å². The Morgan fingerprint density at radius 1 is 0.816 bits per heavy atom. The van der Waals surface area contributed by atoms with Crippen molar-refractivity contribution in [2.45, 2.75) is 11.8 Å². The number of carbonyl (C=O) groups is 1. The molecule has 0 fully saturated rings. The molecule has 2 N–H and O–H groups in total. The van der Waals surface area contributed by atoms with E-state index in [4.69, 9.17) is 31.5 Å². The molecule has 0 radical (unpaired) electrons. The molecule has 0 unspecified atom stereocenters. The number of nitrogens with zero attached hydrogens (tertiary/aromatic N) is 3. The molecule has 0 heterocycles. The third kappa shape index (κ3) is 14.0. The van der Waals surface area contributed by atoms with Gasteiger partial charge in [0.2, 0.25) is 0 Å². The lowest BCUT2D eigenvalue weighted by atomic mass is 10.1. The summed E-state index contributed by atoms with van der Waals surface area (Å²) in [5, 5.41) is 40.5. The molecule has 3 rings (SSSR count). The van der Waals surface area contributed by atoms with Crippen LogP contribution in [0.2, 0.25) is 0 Å². The SMILES string of the molecule is BrP(Br)Br.N#Cc1ccc(C(=O)O)c(F)c1.[2H]C([2H])(Br)c1ccc(C#N)cc1F.[2H]C([2H])(O)c1ccc(C#N)cc1F. The number of nitriles is 3. The largest absolute Gasteiger partial charge is 0.478 e. The predicted octanol–water partition coefficient (Wildman–Crippen LogP) is 8.58. The first-order valence-corrected chi connectivity index (χ1v) is 17.5. The van der Waals surface area contributed by atoms with E-state index in [0.29, 0.717) is 0 Å². The molecule has 0 spiro atoms. The molecular weight excluding hydrogens is 786 g/mol. The Kier molecular flexibility index (Phi) is 14.9. The molecule has 198 valence electrons. The van der Waals surface area contributed by atoms with Gasteiger partial charge in [0.1, 0.15) is 21.5 Å². The van der Waals surface area contributed by atoms with Crippen molar-refractivity contribution in [3.8, 4) is 18.2 Å². The van der Waals surface area contributed by atoms with Gasteiger partial charge in [0, 0.05) is 13.6 Å². The van der Waals surface area contributed by atoms with Crippen LogP contribution in [-0.4, -0.2) is 16.2 Å². The predicted molar refractivity (Wildman–Crippen MR) is 153 cm³/mol. The monoisotopic (exact) mass is 801 g/mol. The average molecular weight is 805 g/mol. The van der Waals surface area contributed by atoms with Crippen LogP contribution in [0, 0.1) is 51.4 Å². The zero-order chi connectivity index (χ0) is 32.8. The van der Waals surface area contributed by atoms with Crippen LogP contribution >= 0.6 is 66.4 Å². The van der Waals surface area contributed by atoms with Crippen LogP contribution in [0.25, 0.3) is 0 Å². The summed E-state index contributed by atoms with van der Waals surface area (Å²) in [5.41, 5.74) is -0.618. The second-order valence-electron chi connectivity index (χ2n) is 6.12. The fourth-order valence-corrected chi connectivity index (χ4v) is 2.42. The quantitative estimate of drug-likeness (QED) is 0.202. The molecule has 0 aromatic heterocycles. The van der Waals surface area contributed by atoms with Gasteiger partial charge < -0.3 is 10.2 Å². The number of aromatic carboxylic acids is 1. The summed E-state index contributed by atoms with van der Waals surface area (Å²) < 4.78 is 66.8. The number of hydrogen-bond acceptors (Lipinski definition) is 5. The first kappa shape index (κ1) is 28.7. The Morgan fingerprint density at radius 2 is 1.18 bits per heavy atom. The van der Waals surface area contributed by atoms with E-state index >= 15 is 0 Å². The zero-order valence-corrected chi connectivity index (χ0v) is 25.7. The highest BCUT2D eigenvalue weighted by Crippen LogP contribution is 2.59. The summed E-state index contributed by atoms with van der Waals surface area (Å²) in [6.45, 7) is -2.71. The van der Waals surface area contributed by atoms with Gasteiger partial charge in [0.15, 0.2) is 0 Å². The molecule has 0 saturated heterocycles. The highest BCUT2D eigenvalue weighted by atomic mass is 80.0. The number of benzene rings is 3. The lowest BCUT2D eigenvalue weighted by Gasteiger charge is -1.96. The number of hydrogen-bond donors (Lipinski definition) is 2. The molecule has 14 heteroatoms. The zero-order valence-electron chi connectivity index (χ0n) is 22.4. The Hall–Kier alpha value is -2.30. The van der Waals surface area contributed by atoms with Gasteiger partial charge in [-0.3, -0.25) is 0 Å². The van der Waals surface area contributed by atoms with E-state index in [1.165, 1.54) is 24.3 Å². The highest BCUT2D eigenvalue weighted by molar-refractivity contribution is 9.93. The standard InChI is InChI=1S/C8H5BrFN.C8H4FNO2.C8H6FNO.Br3P/c9-4-7-2-1-6(5-11)3-8(7)10;9-7-3-5(4-10)1-2-6(7)8(11)12;9-8-3-6(4-10)1-2-7(8)5-11;1-4(2)3/h1-3H,4H2;1-3H,(H,11,12);1-3,11H,5H2;/i4D2;;5D2;. The number of carboxylic acids is 1. The molecule has 3 aromatic rings. The van der Waals surface area contributed by atoms with Gasteiger partial charge in [-0.15, -0.1) is 0 Å². The topological polar surface area (TPSA) is 129 Å². The molecule has 3 aromatic carbocycles. The maximum absolute atomic E-state index is 13.1. The molecular formula is C24H15Br4F3N3O3P. The molecule has 0 saturated carbocycles. The van der Waals surface area contributed by atoms with Crippen LogP contribution in [0.15, 0.2) is 54.6 Å². The van der Waals surface area contributed by atoms with Crippen LogP contribution in [0.1, 0.15) is 43.7 Å².